The summed E-state index contributed by atoms with van der Waals surface area (Å²) in [6.07, 6.45) is 1.59. The van der Waals surface area contributed by atoms with Gasteiger partial charge in [0, 0.05) is 18.7 Å². The van der Waals surface area contributed by atoms with Crippen LogP contribution < -0.4 is 0 Å². The Bertz CT molecular complexity index is 382. The normalized spacial score (nSPS) is 16.4. The van der Waals surface area contributed by atoms with Crippen LogP contribution in [-0.2, 0) is 19.2 Å². The van der Waals surface area contributed by atoms with Crippen molar-refractivity contribution in [3.8, 4) is 0 Å². The van der Waals surface area contributed by atoms with E-state index in [9.17, 15) is 19.2 Å². The zero-order valence-corrected chi connectivity index (χ0v) is 8.83. The number of nitrogens with zero attached hydrogens (tertiary/aromatic N) is 1. The number of amides is 2. The number of aliphatic carboxylic acids is 2. The van der Waals surface area contributed by atoms with Crippen LogP contribution in [0, 0.1) is 5.92 Å². The molecule has 2 N–H and O–H groups in total. The van der Waals surface area contributed by atoms with E-state index in [-0.39, 0.29) is 13.0 Å². The molecule has 0 aliphatic carbocycles. The number of carboxylic acids is 2. The molecule has 1 aliphatic rings. The summed E-state index contributed by atoms with van der Waals surface area (Å²) in [6.45, 7) is -0.0884. The molecule has 92 valence electrons. The zero-order chi connectivity index (χ0) is 13.0. The number of rotatable bonds is 6. The summed E-state index contributed by atoms with van der Waals surface area (Å²) in [5.74, 6) is -4.59. The molecular weight excluding hydrogens is 230 g/mol. The molecule has 0 aromatic carbocycles. The van der Waals surface area contributed by atoms with Gasteiger partial charge < -0.3 is 10.2 Å². The minimum atomic E-state index is -1.25. The van der Waals surface area contributed by atoms with Crippen molar-refractivity contribution in [2.45, 2.75) is 12.8 Å². The summed E-state index contributed by atoms with van der Waals surface area (Å²) in [4.78, 5) is 44.3. The smallest absolute Gasteiger partial charge is 0.307 e. The highest BCUT2D eigenvalue weighted by Crippen LogP contribution is 2.12. The fourth-order valence-corrected chi connectivity index (χ4v) is 1.46. The fraction of sp³-hybridized carbons (Fsp3) is 0.400. The monoisotopic (exact) mass is 241 g/mol. The second kappa shape index (κ2) is 5.24. The molecule has 1 rings (SSSR count). The van der Waals surface area contributed by atoms with Crippen LogP contribution in [0.25, 0.3) is 0 Å². The molecule has 1 aliphatic heterocycles. The van der Waals surface area contributed by atoms with Gasteiger partial charge in [0.2, 0.25) is 0 Å². The van der Waals surface area contributed by atoms with Crippen LogP contribution >= 0.6 is 0 Å². The van der Waals surface area contributed by atoms with Gasteiger partial charge in [-0.25, -0.2) is 0 Å². The lowest BCUT2D eigenvalue weighted by molar-refractivity contribution is -0.149. The van der Waals surface area contributed by atoms with Crippen LogP contribution in [0.1, 0.15) is 12.8 Å². The van der Waals surface area contributed by atoms with Crippen molar-refractivity contribution in [3.05, 3.63) is 12.2 Å². The van der Waals surface area contributed by atoms with E-state index in [0.29, 0.717) is 0 Å². The van der Waals surface area contributed by atoms with Crippen LogP contribution in [-0.4, -0.2) is 45.4 Å². The molecule has 0 spiro atoms. The Morgan fingerprint density at radius 3 is 2.12 bits per heavy atom. The van der Waals surface area contributed by atoms with E-state index in [1.165, 1.54) is 0 Å². The molecule has 17 heavy (non-hydrogen) atoms. The van der Waals surface area contributed by atoms with E-state index in [1.807, 2.05) is 0 Å². The summed E-state index contributed by atoms with van der Waals surface area (Å²) in [5, 5.41) is 17.3. The highest BCUT2D eigenvalue weighted by Gasteiger charge is 2.27. The maximum atomic E-state index is 11.1. The first-order valence-electron chi connectivity index (χ1n) is 4.90. The van der Waals surface area contributed by atoms with Gasteiger partial charge in [0.05, 0.1) is 12.3 Å². The number of carbonyl (C=O) groups is 4. The molecule has 0 fully saturated rings. The van der Waals surface area contributed by atoms with Crippen molar-refractivity contribution in [3.63, 3.8) is 0 Å². The number of carboxylic acid groups (broad SMARTS) is 2. The van der Waals surface area contributed by atoms with E-state index in [2.05, 4.69) is 0 Å². The maximum absolute atomic E-state index is 11.1. The quantitative estimate of drug-likeness (QED) is 0.605. The van der Waals surface area contributed by atoms with Gasteiger partial charge in [-0.05, 0) is 6.42 Å². The number of hydrogen-bond donors (Lipinski definition) is 2. The molecule has 0 aromatic rings. The predicted molar refractivity (Wildman–Crippen MR) is 53.9 cm³/mol. The third-order valence-corrected chi connectivity index (χ3v) is 2.37. The predicted octanol–water partition coefficient (Wildman–Crippen LogP) is -0.523. The SMILES string of the molecule is O=C(O)CC(CCN1C(=O)C=CC1=O)C(=O)O. The van der Waals surface area contributed by atoms with Gasteiger partial charge in [-0.2, -0.15) is 0 Å². The van der Waals surface area contributed by atoms with E-state index in [4.69, 9.17) is 10.2 Å². The van der Waals surface area contributed by atoms with Crippen molar-refractivity contribution in [2.24, 2.45) is 5.92 Å². The summed E-state index contributed by atoms with van der Waals surface area (Å²) in [7, 11) is 0. The molecule has 0 saturated carbocycles. The molecule has 7 heteroatoms. The Balaban J connectivity index is 2.52. The second-order valence-corrected chi connectivity index (χ2v) is 3.58. The molecule has 2 amide bonds. The first-order chi connectivity index (χ1) is 7.91. The summed E-state index contributed by atoms with van der Waals surface area (Å²) in [6, 6.07) is 0. The van der Waals surface area contributed by atoms with Crippen molar-refractivity contribution in [1.82, 2.24) is 4.90 Å². The molecule has 0 saturated heterocycles. The number of hydrogen-bond acceptors (Lipinski definition) is 4. The first-order valence-corrected chi connectivity index (χ1v) is 4.90. The molecule has 0 aromatic heterocycles. The lowest BCUT2D eigenvalue weighted by Gasteiger charge is -2.16. The van der Waals surface area contributed by atoms with Crippen LogP contribution in [0.4, 0.5) is 0 Å². The molecular formula is C10H11NO6. The summed E-state index contributed by atoms with van der Waals surface area (Å²) >= 11 is 0. The van der Waals surface area contributed by atoms with Crippen molar-refractivity contribution >= 4 is 23.8 Å². The summed E-state index contributed by atoms with van der Waals surface area (Å²) < 4.78 is 0. The van der Waals surface area contributed by atoms with Crippen LogP contribution in [0.5, 0.6) is 0 Å². The van der Waals surface area contributed by atoms with E-state index < -0.39 is 36.1 Å². The lowest BCUT2D eigenvalue weighted by Crippen LogP contribution is -2.33. The molecule has 1 atom stereocenters. The van der Waals surface area contributed by atoms with Crippen LogP contribution in [0.2, 0.25) is 0 Å². The first kappa shape index (κ1) is 12.9. The average molecular weight is 241 g/mol. The minimum Gasteiger partial charge on any atom is -0.481 e. The Morgan fingerprint density at radius 2 is 1.71 bits per heavy atom. The zero-order valence-electron chi connectivity index (χ0n) is 8.83. The number of imide groups is 1. The van der Waals surface area contributed by atoms with Gasteiger partial charge in [-0.1, -0.05) is 0 Å². The standard InChI is InChI=1S/C10H11NO6/c12-7-1-2-8(13)11(7)4-3-6(10(16)17)5-9(14)15/h1-2,6H,3-5H2,(H,14,15)(H,16,17). The lowest BCUT2D eigenvalue weighted by atomic mass is 10.0. The Morgan fingerprint density at radius 1 is 1.18 bits per heavy atom. The van der Waals surface area contributed by atoms with Gasteiger partial charge in [0.15, 0.2) is 0 Å². The van der Waals surface area contributed by atoms with E-state index in [1.54, 1.807) is 0 Å². The van der Waals surface area contributed by atoms with Gasteiger partial charge >= 0.3 is 11.9 Å². The average Bonchev–Trinajstić information content (AvgIpc) is 2.53. The van der Waals surface area contributed by atoms with Crippen molar-refractivity contribution in [1.29, 1.82) is 0 Å². The second-order valence-electron chi connectivity index (χ2n) is 3.58. The topological polar surface area (TPSA) is 112 Å². The molecule has 0 radical (unpaired) electrons. The Hall–Kier alpha value is -2.18. The van der Waals surface area contributed by atoms with Crippen LogP contribution in [0.15, 0.2) is 12.2 Å². The highest BCUT2D eigenvalue weighted by atomic mass is 16.4. The molecule has 1 unspecified atom stereocenters. The van der Waals surface area contributed by atoms with Crippen molar-refractivity contribution in [2.75, 3.05) is 6.54 Å². The number of carbonyl (C=O) groups excluding carboxylic acids is 2. The van der Waals surface area contributed by atoms with Gasteiger partial charge in [-0.3, -0.25) is 24.1 Å². The highest BCUT2D eigenvalue weighted by molar-refractivity contribution is 6.12. The van der Waals surface area contributed by atoms with Gasteiger partial charge in [0.1, 0.15) is 0 Å². The van der Waals surface area contributed by atoms with E-state index >= 15 is 0 Å². The molecule has 7 nitrogen and oxygen atoms in total. The molecule has 0 bridgehead atoms. The Kier molecular flexibility index (Phi) is 3.97. The van der Waals surface area contributed by atoms with Gasteiger partial charge in [-0.15, -0.1) is 0 Å². The largest absolute Gasteiger partial charge is 0.481 e. The summed E-state index contributed by atoms with van der Waals surface area (Å²) in [5.41, 5.74) is 0. The third kappa shape index (κ3) is 3.40. The van der Waals surface area contributed by atoms with Crippen LogP contribution in [0.3, 0.4) is 0 Å². The maximum Gasteiger partial charge on any atom is 0.307 e. The van der Waals surface area contributed by atoms with Crippen molar-refractivity contribution < 1.29 is 29.4 Å². The van der Waals surface area contributed by atoms with E-state index in [0.717, 1.165) is 17.1 Å². The van der Waals surface area contributed by atoms with Gasteiger partial charge in [0.25, 0.3) is 11.8 Å². The Labute approximate surface area is 96.3 Å². The minimum absolute atomic E-state index is 0.0687. The molecule has 1 heterocycles. The fourth-order valence-electron chi connectivity index (χ4n) is 1.46. The third-order valence-electron chi connectivity index (χ3n) is 2.37.